The van der Waals surface area contributed by atoms with Crippen LogP contribution < -0.4 is 5.32 Å². The van der Waals surface area contributed by atoms with Crippen molar-refractivity contribution >= 4 is 17.7 Å². The minimum absolute atomic E-state index is 0.301. The monoisotopic (exact) mass is 313 g/mol. The Morgan fingerprint density at radius 3 is 2.78 bits per heavy atom. The average Bonchev–Trinajstić information content (AvgIpc) is 2.69. The van der Waals surface area contributed by atoms with Crippen molar-refractivity contribution in [2.75, 3.05) is 11.9 Å². The Kier molecular flexibility index (Phi) is 7.44. The molecule has 0 spiro atoms. The van der Waals surface area contributed by atoms with Gasteiger partial charge in [-0.05, 0) is 50.0 Å². The van der Waals surface area contributed by atoms with E-state index in [2.05, 4.69) is 29.6 Å². The van der Waals surface area contributed by atoms with Crippen LogP contribution in [0.5, 0.6) is 0 Å². The van der Waals surface area contributed by atoms with Crippen LogP contribution in [-0.2, 0) is 9.53 Å². The topological polar surface area (TPSA) is 38.3 Å². The van der Waals surface area contributed by atoms with Crippen LogP contribution in [0.15, 0.2) is 42.5 Å². The number of hydrogen-bond acceptors (Lipinski definition) is 3. The molecule has 0 aliphatic heterocycles. The number of rotatable bonds is 5. The van der Waals surface area contributed by atoms with Crippen LogP contribution in [0.4, 0.5) is 5.69 Å². The predicted molar refractivity (Wildman–Crippen MR) is 96.4 cm³/mol. The van der Waals surface area contributed by atoms with Crippen molar-refractivity contribution in [3.05, 3.63) is 48.1 Å². The molecule has 1 aromatic rings. The molecule has 23 heavy (non-hydrogen) atoms. The summed E-state index contributed by atoms with van der Waals surface area (Å²) < 4.78 is 4.87. The van der Waals surface area contributed by atoms with E-state index in [4.69, 9.17) is 4.74 Å². The van der Waals surface area contributed by atoms with Crippen molar-refractivity contribution in [2.45, 2.75) is 51.5 Å². The predicted octanol–water partition coefficient (Wildman–Crippen LogP) is 4.95. The van der Waals surface area contributed by atoms with Crippen LogP contribution in [0.3, 0.4) is 0 Å². The van der Waals surface area contributed by atoms with Gasteiger partial charge in [-0.1, -0.05) is 43.5 Å². The number of anilines is 1. The van der Waals surface area contributed by atoms with Gasteiger partial charge in [0.1, 0.15) is 0 Å². The van der Waals surface area contributed by atoms with E-state index < -0.39 is 0 Å². The molecule has 0 heterocycles. The zero-order chi connectivity index (χ0) is 16.3. The number of ether oxygens (including phenoxy) is 1. The van der Waals surface area contributed by atoms with Gasteiger partial charge in [-0.3, -0.25) is 0 Å². The molecule has 1 aliphatic carbocycles. The number of nitrogens with one attached hydrogen (secondary N) is 1. The van der Waals surface area contributed by atoms with E-state index in [9.17, 15) is 4.79 Å². The maximum Gasteiger partial charge on any atom is 0.330 e. The van der Waals surface area contributed by atoms with Crippen LogP contribution >= 0.6 is 0 Å². The lowest BCUT2D eigenvalue weighted by atomic mass is 10.1. The first-order chi connectivity index (χ1) is 11.3. The van der Waals surface area contributed by atoms with Crippen LogP contribution in [0.1, 0.15) is 51.0 Å². The minimum atomic E-state index is -0.301. The third kappa shape index (κ3) is 6.72. The Morgan fingerprint density at radius 2 is 2.00 bits per heavy atom. The van der Waals surface area contributed by atoms with Crippen molar-refractivity contribution in [1.29, 1.82) is 0 Å². The molecule has 1 N–H and O–H groups in total. The summed E-state index contributed by atoms with van der Waals surface area (Å²) in [6.07, 6.45) is 15.5. The third-order valence-electron chi connectivity index (χ3n) is 3.97. The van der Waals surface area contributed by atoms with Gasteiger partial charge in [0.05, 0.1) is 6.61 Å². The fourth-order valence-electron chi connectivity index (χ4n) is 2.72. The Morgan fingerprint density at radius 1 is 1.22 bits per heavy atom. The first kappa shape index (κ1) is 17.3. The minimum Gasteiger partial charge on any atom is -0.463 e. The second-order valence-corrected chi connectivity index (χ2v) is 5.88. The van der Waals surface area contributed by atoms with Crippen LogP contribution in [-0.4, -0.2) is 18.6 Å². The number of esters is 1. The lowest BCUT2D eigenvalue weighted by molar-refractivity contribution is -0.137. The van der Waals surface area contributed by atoms with Gasteiger partial charge in [0, 0.05) is 17.8 Å². The van der Waals surface area contributed by atoms with Gasteiger partial charge in [-0.25, -0.2) is 4.79 Å². The van der Waals surface area contributed by atoms with E-state index in [-0.39, 0.29) is 5.97 Å². The molecular formula is C20H27NO2. The van der Waals surface area contributed by atoms with Crippen LogP contribution in [0.25, 0.3) is 6.08 Å². The molecule has 1 unspecified atom stereocenters. The number of allylic oxidation sites excluding steroid dienone is 1. The van der Waals surface area contributed by atoms with Crippen LogP contribution in [0, 0.1) is 0 Å². The highest BCUT2D eigenvalue weighted by molar-refractivity contribution is 5.87. The summed E-state index contributed by atoms with van der Waals surface area (Å²) in [5.41, 5.74) is 2.11. The quantitative estimate of drug-likeness (QED) is 0.474. The highest BCUT2D eigenvalue weighted by Crippen LogP contribution is 2.17. The lowest BCUT2D eigenvalue weighted by Gasteiger charge is -2.16. The summed E-state index contributed by atoms with van der Waals surface area (Å²) in [5.74, 6) is -0.301. The Bertz CT molecular complexity index is 531. The highest BCUT2D eigenvalue weighted by atomic mass is 16.5. The van der Waals surface area contributed by atoms with Crippen molar-refractivity contribution in [2.24, 2.45) is 0 Å². The maximum atomic E-state index is 11.3. The second kappa shape index (κ2) is 9.88. The molecule has 3 nitrogen and oxygen atoms in total. The molecule has 124 valence electrons. The van der Waals surface area contributed by atoms with Gasteiger partial charge in [-0.15, -0.1) is 0 Å². The normalized spacial score (nSPS) is 20.3. The summed E-state index contributed by atoms with van der Waals surface area (Å²) in [6, 6.07) is 8.55. The first-order valence-electron chi connectivity index (χ1n) is 8.66. The zero-order valence-corrected chi connectivity index (χ0v) is 14.0. The molecule has 2 rings (SSSR count). The number of hydrogen-bond donors (Lipinski definition) is 1. The average molecular weight is 313 g/mol. The largest absolute Gasteiger partial charge is 0.463 e. The van der Waals surface area contributed by atoms with Crippen LogP contribution in [0.2, 0.25) is 0 Å². The fraction of sp³-hybridized carbons (Fsp3) is 0.450. The Balaban J connectivity index is 1.90. The number of benzene rings is 1. The van der Waals surface area contributed by atoms with Crippen molar-refractivity contribution in [3.8, 4) is 0 Å². The summed E-state index contributed by atoms with van der Waals surface area (Å²) in [4.78, 5) is 11.3. The van der Waals surface area contributed by atoms with E-state index >= 15 is 0 Å². The van der Waals surface area contributed by atoms with Gasteiger partial charge >= 0.3 is 5.97 Å². The molecule has 0 aromatic heterocycles. The first-order valence-corrected chi connectivity index (χ1v) is 8.66. The molecule has 0 radical (unpaired) electrons. The molecule has 0 amide bonds. The van der Waals surface area contributed by atoms with Gasteiger partial charge in [0.2, 0.25) is 0 Å². The molecule has 0 fully saturated rings. The molecule has 0 saturated heterocycles. The van der Waals surface area contributed by atoms with Gasteiger partial charge in [0.25, 0.3) is 0 Å². The van der Waals surface area contributed by atoms with E-state index in [1.165, 1.54) is 44.6 Å². The maximum absolute atomic E-state index is 11.3. The summed E-state index contributed by atoms with van der Waals surface area (Å²) in [6.45, 7) is 2.21. The molecule has 3 heteroatoms. The molecule has 1 aromatic carbocycles. The van der Waals surface area contributed by atoms with Crippen molar-refractivity contribution in [1.82, 2.24) is 0 Å². The molecule has 1 atom stereocenters. The van der Waals surface area contributed by atoms with Crippen molar-refractivity contribution < 1.29 is 9.53 Å². The number of carbonyl (C=O) groups is 1. The zero-order valence-electron chi connectivity index (χ0n) is 14.0. The van der Waals surface area contributed by atoms with Gasteiger partial charge < -0.3 is 10.1 Å². The number of carbonyl (C=O) groups excluding carboxylic acids is 1. The molecule has 1 aliphatic rings. The summed E-state index contributed by atoms with van der Waals surface area (Å²) in [7, 11) is 0. The second-order valence-electron chi connectivity index (χ2n) is 5.88. The molecular weight excluding hydrogens is 286 g/mol. The van der Waals surface area contributed by atoms with E-state index in [1.807, 2.05) is 12.1 Å². The lowest BCUT2D eigenvalue weighted by Crippen LogP contribution is -2.16. The van der Waals surface area contributed by atoms with Crippen molar-refractivity contribution in [3.63, 3.8) is 0 Å². The summed E-state index contributed by atoms with van der Waals surface area (Å²) in [5, 5.41) is 3.59. The summed E-state index contributed by atoms with van der Waals surface area (Å²) >= 11 is 0. The highest BCUT2D eigenvalue weighted by Gasteiger charge is 2.06. The molecule has 0 saturated carbocycles. The SMILES string of the molecule is CCOC(=O)C=Cc1ccc(NC2/C=C\CCCCCC2)cc1. The third-order valence-corrected chi connectivity index (χ3v) is 3.97. The Labute approximate surface area is 139 Å². The van der Waals surface area contributed by atoms with E-state index in [0.29, 0.717) is 12.6 Å². The van der Waals surface area contributed by atoms with Gasteiger partial charge in [-0.2, -0.15) is 0 Å². The van der Waals surface area contributed by atoms with E-state index in [0.717, 1.165) is 11.3 Å². The fourth-order valence-corrected chi connectivity index (χ4v) is 2.72. The standard InChI is InChI=1S/C20H27NO2/c1-2-23-20(22)16-13-17-11-14-19(15-12-17)21-18-9-7-5-3-4-6-8-10-18/h7,9,11-16,18,21H,2-6,8,10H2,1H3/b9-7-,16-13?. The molecule has 0 bridgehead atoms. The smallest absolute Gasteiger partial charge is 0.330 e. The van der Waals surface area contributed by atoms with Gasteiger partial charge in [0.15, 0.2) is 0 Å². The van der Waals surface area contributed by atoms with E-state index in [1.54, 1.807) is 13.0 Å². The Hall–Kier alpha value is -2.03.